The number of hydrogen-bond donors (Lipinski definition) is 0. The van der Waals surface area contributed by atoms with Crippen molar-refractivity contribution in [1.82, 2.24) is 14.3 Å². The lowest BCUT2D eigenvalue weighted by Crippen LogP contribution is -2.40. The van der Waals surface area contributed by atoms with Crippen LogP contribution >= 0.6 is 0 Å². The van der Waals surface area contributed by atoms with Crippen molar-refractivity contribution >= 4 is 26.8 Å². The third-order valence-electron chi connectivity index (χ3n) is 7.18. The van der Waals surface area contributed by atoms with E-state index in [4.69, 9.17) is 4.42 Å². The van der Waals surface area contributed by atoms with E-state index < -0.39 is 21.9 Å². The second-order valence-corrected chi connectivity index (χ2v) is 11.6. The maximum atomic E-state index is 14.6. The normalized spacial score (nSPS) is 18.5. The summed E-state index contributed by atoms with van der Waals surface area (Å²) in [6.45, 7) is 0.247. The average molecular weight is 520 g/mol. The molecule has 4 aromatic rings. The van der Waals surface area contributed by atoms with Crippen molar-refractivity contribution in [3.05, 3.63) is 78.1 Å². The molecule has 2 aromatic carbocycles. The van der Waals surface area contributed by atoms with Crippen LogP contribution in [0.4, 0.5) is 4.39 Å². The van der Waals surface area contributed by atoms with E-state index in [-0.39, 0.29) is 30.3 Å². The standard InChI is InChI=1S/C28H26FN3O4S/c29-23-11-9-19(22-16-30-28(31-17-22)18-7-8-18)14-20(23)10-12-25(33)24-5-3-13-32(24)37(34,35)27-15-21-4-1-2-6-26(21)36-27/h1-2,4,6,9,11,14-18,24H,3,5,7-8,10,12-13H2/t24-/m0/s1. The molecule has 2 fully saturated rings. The van der Waals surface area contributed by atoms with Crippen molar-refractivity contribution in [3.63, 3.8) is 0 Å². The number of Topliss-reactive ketones (excluding diaryl/α,β-unsaturated/α-hetero) is 1. The lowest BCUT2D eigenvalue weighted by Gasteiger charge is -2.22. The van der Waals surface area contributed by atoms with Gasteiger partial charge in [-0.15, -0.1) is 0 Å². The molecule has 6 rings (SSSR count). The van der Waals surface area contributed by atoms with Crippen molar-refractivity contribution in [2.45, 2.75) is 55.6 Å². The molecule has 7 nitrogen and oxygen atoms in total. The molecular formula is C28H26FN3O4S. The van der Waals surface area contributed by atoms with Crippen LogP contribution in [0.25, 0.3) is 22.1 Å². The Morgan fingerprint density at radius 2 is 1.81 bits per heavy atom. The van der Waals surface area contributed by atoms with Crippen molar-refractivity contribution in [1.29, 1.82) is 0 Å². The number of ketones is 1. The molecule has 2 aliphatic rings. The molecule has 190 valence electrons. The number of benzene rings is 2. The van der Waals surface area contributed by atoms with Crippen LogP contribution in [0.15, 0.2) is 70.4 Å². The minimum atomic E-state index is -3.98. The van der Waals surface area contributed by atoms with Gasteiger partial charge in [0.15, 0.2) is 5.78 Å². The molecule has 37 heavy (non-hydrogen) atoms. The van der Waals surface area contributed by atoms with Crippen molar-refractivity contribution < 1.29 is 22.0 Å². The van der Waals surface area contributed by atoms with E-state index in [2.05, 4.69) is 9.97 Å². The highest BCUT2D eigenvalue weighted by Crippen LogP contribution is 2.38. The minimum Gasteiger partial charge on any atom is -0.443 e. The summed E-state index contributed by atoms with van der Waals surface area (Å²) in [6, 6.07) is 12.6. The predicted molar refractivity (Wildman–Crippen MR) is 136 cm³/mol. The summed E-state index contributed by atoms with van der Waals surface area (Å²) in [5.74, 6) is 0.675. The molecular weight excluding hydrogens is 493 g/mol. The van der Waals surface area contributed by atoms with Crippen LogP contribution in [0, 0.1) is 5.82 Å². The molecule has 9 heteroatoms. The third-order valence-corrected chi connectivity index (χ3v) is 8.94. The van der Waals surface area contributed by atoms with Gasteiger partial charge >= 0.3 is 0 Å². The van der Waals surface area contributed by atoms with Gasteiger partial charge in [0.25, 0.3) is 10.0 Å². The summed E-state index contributed by atoms with van der Waals surface area (Å²) in [4.78, 5) is 22.0. The van der Waals surface area contributed by atoms with Crippen LogP contribution in [0.3, 0.4) is 0 Å². The number of para-hydroxylation sites is 1. The largest absolute Gasteiger partial charge is 0.443 e. The Morgan fingerprint density at radius 3 is 2.57 bits per heavy atom. The highest BCUT2D eigenvalue weighted by Gasteiger charge is 2.40. The topological polar surface area (TPSA) is 93.4 Å². The molecule has 0 N–H and O–H groups in total. The fraction of sp³-hybridized carbons (Fsp3) is 0.321. The number of carbonyl (C=O) groups is 1. The molecule has 0 amide bonds. The molecule has 1 saturated heterocycles. The lowest BCUT2D eigenvalue weighted by atomic mass is 9.99. The van der Waals surface area contributed by atoms with Gasteiger partial charge in [0.05, 0.1) is 6.04 Å². The molecule has 0 bridgehead atoms. The number of rotatable bonds is 8. The predicted octanol–water partition coefficient (Wildman–Crippen LogP) is 5.26. The van der Waals surface area contributed by atoms with Gasteiger partial charge in [-0.05, 0) is 61.4 Å². The Bertz CT molecular complexity index is 1550. The molecule has 0 unspecified atom stereocenters. The first kappa shape index (κ1) is 23.9. The van der Waals surface area contributed by atoms with E-state index in [0.717, 1.165) is 29.8 Å². The molecule has 1 aliphatic carbocycles. The van der Waals surface area contributed by atoms with Crippen LogP contribution < -0.4 is 0 Å². The van der Waals surface area contributed by atoms with E-state index in [1.54, 1.807) is 48.8 Å². The summed E-state index contributed by atoms with van der Waals surface area (Å²) in [7, 11) is -3.98. The van der Waals surface area contributed by atoms with Gasteiger partial charge < -0.3 is 4.42 Å². The Balaban J connectivity index is 1.17. The summed E-state index contributed by atoms with van der Waals surface area (Å²) in [5.41, 5.74) is 2.45. The molecule has 1 aliphatic heterocycles. The van der Waals surface area contributed by atoms with E-state index in [1.807, 2.05) is 0 Å². The smallest absolute Gasteiger partial charge is 0.277 e. The fourth-order valence-corrected chi connectivity index (χ4v) is 6.59. The zero-order valence-corrected chi connectivity index (χ0v) is 21.0. The number of sulfonamides is 1. The van der Waals surface area contributed by atoms with Crippen LogP contribution in [-0.4, -0.2) is 41.1 Å². The van der Waals surface area contributed by atoms with Gasteiger partial charge in [-0.1, -0.05) is 24.3 Å². The first-order valence-corrected chi connectivity index (χ1v) is 14.0. The van der Waals surface area contributed by atoms with E-state index in [9.17, 15) is 17.6 Å². The van der Waals surface area contributed by atoms with Gasteiger partial charge in [-0.3, -0.25) is 4.79 Å². The molecule has 2 aromatic heterocycles. The van der Waals surface area contributed by atoms with Crippen molar-refractivity contribution in [2.75, 3.05) is 6.54 Å². The highest BCUT2D eigenvalue weighted by atomic mass is 32.2. The van der Waals surface area contributed by atoms with Crippen LogP contribution in [0.1, 0.15) is 49.4 Å². The number of aromatic nitrogens is 2. The summed E-state index contributed by atoms with van der Waals surface area (Å²) >= 11 is 0. The van der Waals surface area contributed by atoms with Crippen LogP contribution in [0.5, 0.6) is 0 Å². The first-order chi connectivity index (χ1) is 17.9. The second-order valence-electron chi connectivity index (χ2n) is 9.75. The number of halogens is 1. The molecule has 1 saturated carbocycles. The van der Waals surface area contributed by atoms with Crippen molar-refractivity contribution in [2.24, 2.45) is 0 Å². The summed E-state index contributed by atoms with van der Waals surface area (Å²) in [6.07, 6.45) is 6.97. The average Bonchev–Trinajstić information content (AvgIpc) is 3.45. The van der Waals surface area contributed by atoms with Crippen molar-refractivity contribution in [3.8, 4) is 11.1 Å². The fourth-order valence-electron chi connectivity index (χ4n) is 4.96. The maximum absolute atomic E-state index is 14.6. The summed E-state index contributed by atoms with van der Waals surface area (Å²) < 4.78 is 48.1. The highest BCUT2D eigenvalue weighted by molar-refractivity contribution is 7.89. The Hall–Kier alpha value is -3.43. The maximum Gasteiger partial charge on any atom is 0.277 e. The Kier molecular flexibility index (Phi) is 6.12. The van der Waals surface area contributed by atoms with Gasteiger partial charge in [0, 0.05) is 48.3 Å². The van der Waals surface area contributed by atoms with Gasteiger partial charge in [0.2, 0.25) is 5.09 Å². The number of furan rings is 1. The SMILES string of the molecule is O=C(CCc1cc(-c2cnc(C3CC3)nc2)ccc1F)[C@@H]1CCCN1S(=O)(=O)c1cc2ccccc2o1. The van der Waals surface area contributed by atoms with Gasteiger partial charge in [-0.2, -0.15) is 4.31 Å². The van der Waals surface area contributed by atoms with E-state index >= 15 is 0 Å². The zero-order valence-electron chi connectivity index (χ0n) is 20.1. The van der Waals surface area contributed by atoms with Gasteiger partial charge in [0.1, 0.15) is 17.2 Å². The number of hydrogen-bond acceptors (Lipinski definition) is 6. The molecule has 3 heterocycles. The second kappa shape index (κ2) is 9.46. The number of carbonyl (C=O) groups excluding carboxylic acids is 1. The van der Waals surface area contributed by atoms with Gasteiger partial charge in [-0.25, -0.2) is 22.8 Å². The van der Waals surface area contributed by atoms with Crippen LogP contribution in [-0.2, 0) is 21.2 Å². The summed E-state index contributed by atoms with van der Waals surface area (Å²) in [5, 5.41) is 0.521. The van der Waals surface area contributed by atoms with E-state index in [1.165, 1.54) is 16.4 Å². The molecule has 1 atom stereocenters. The quantitative estimate of drug-likeness (QED) is 0.315. The first-order valence-electron chi connectivity index (χ1n) is 12.5. The minimum absolute atomic E-state index is 0.0360. The van der Waals surface area contributed by atoms with E-state index in [0.29, 0.717) is 35.3 Å². The zero-order chi connectivity index (χ0) is 25.6. The third kappa shape index (κ3) is 4.69. The monoisotopic (exact) mass is 519 g/mol. The lowest BCUT2D eigenvalue weighted by molar-refractivity contribution is -0.122. The number of aryl methyl sites for hydroxylation is 1. The number of nitrogens with zero attached hydrogens (tertiary/aromatic N) is 3. The molecule has 0 radical (unpaired) electrons. The molecule has 0 spiro atoms. The Labute approximate surface area is 214 Å². The number of fused-ring (bicyclic) bond motifs is 1. The Morgan fingerprint density at radius 1 is 1.03 bits per heavy atom. The van der Waals surface area contributed by atoms with Crippen LogP contribution in [0.2, 0.25) is 0 Å².